The van der Waals surface area contributed by atoms with Gasteiger partial charge in [0.2, 0.25) is 0 Å². The molecule has 0 aliphatic heterocycles. The Kier molecular flexibility index (Phi) is 3.58. The second-order valence-corrected chi connectivity index (χ2v) is 9.28. The van der Waals surface area contributed by atoms with Gasteiger partial charge in [-0.2, -0.15) is 0 Å². The Morgan fingerprint density at radius 3 is 2.23 bits per heavy atom. The van der Waals surface area contributed by atoms with Crippen molar-refractivity contribution in [3.63, 3.8) is 0 Å². The molecule has 0 atom stereocenters. The molecule has 5 heteroatoms. The zero-order valence-electron chi connectivity index (χ0n) is 18.0. The van der Waals surface area contributed by atoms with E-state index in [1.54, 1.807) is 0 Å². The van der Waals surface area contributed by atoms with Crippen LogP contribution in [0, 0.1) is 6.92 Å². The highest BCUT2D eigenvalue weighted by molar-refractivity contribution is 6.21. The zero-order valence-corrected chi connectivity index (χ0v) is 18.0. The molecule has 2 N–H and O–H groups in total. The fraction of sp³-hybridized carbons (Fsp3) is 0.192. The summed E-state index contributed by atoms with van der Waals surface area (Å²) in [5.41, 5.74) is 8.32. The van der Waals surface area contributed by atoms with Crippen LogP contribution in [-0.2, 0) is 5.41 Å². The summed E-state index contributed by atoms with van der Waals surface area (Å²) in [7, 11) is 0. The SMILES string of the molecule is Cc1ccc2[nH]c(C(C)(C)C)c(-c3nc4c5cccnc5c5ncccc5c4[nH]3)c2c1. The molecule has 0 radical (unpaired) electrons. The quantitative estimate of drug-likeness (QED) is 0.310. The minimum absolute atomic E-state index is 0.0610. The number of aryl methyl sites for hydroxylation is 1. The van der Waals surface area contributed by atoms with Crippen LogP contribution in [0.1, 0.15) is 32.0 Å². The molecule has 4 heterocycles. The number of fused-ring (bicyclic) bond motifs is 7. The highest BCUT2D eigenvalue weighted by atomic mass is 14.9. The van der Waals surface area contributed by atoms with Gasteiger partial charge in [-0.25, -0.2) is 4.98 Å². The van der Waals surface area contributed by atoms with E-state index in [1.165, 1.54) is 16.6 Å². The fourth-order valence-electron chi connectivity index (χ4n) is 4.58. The molecule has 6 rings (SSSR count). The summed E-state index contributed by atoms with van der Waals surface area (Å²) in [4.78, 5) is 21.7. The largest absolute Gasteiger partial charge is 0.357 e. The number of rotatable bonds is 1. The minimum atomic E-state index is -0.0610. The number of aromatic amines is 2. The molecule has 0 fully saturated rings. The molecule has 0 aliphatic rings. The van der Waals surface area contributed by atoms with Crippen molar-refractivity contribution < 1.29 is 0 Å². The monoisotopic (exact) mass is 405 g/mol. The van der Waals surface area contributed by atoms with Crippen LogP contribution < -0.4 is 0 Å². The number of aromatic nitrogens is 5. The lowest BCUT2D eigenvalue weighted by atomic mass is 9.88. The standard InChI is InChI=1S/C26H23N5/c1-14-9-10-18-17(13-14)19(24(29-18)26(2,3)4)25-30-22-15-7-5-11-27-20(15)21-16(23(22)31-25)8-6-12-28-21/h5-13,29H,1-4H3,(H,30,31). The average molecular weight is 406 g/mol. The molecular weight excluding hydrogens is 382 g/mol. The first-order valence-electron chi connectivity index (χ1n) is 10.6. The molecular formula is C26H23N5. The first-order valence-corrected chi connectivity index (χ1v) is 10.6. The van der Waals surface area contributed by atoms with Crippen LogP contribution >= 0.6 is 0 Å². The van der Waals surface area contributed by atoms with E-state index in [-0.39, 0.29) is 5.41 Å². The van der Waals surface area contributed by atoms with Gasteiger partial charge in [0.25, 0.3) is 0 Å². The summed E-state index contributed by atoms with van der Waals surface area (Å²) < 4.78 is 0. The third-order valence-corrected chi connectivity index (χ3v) is 6.01. The van der Waals surface area contributed by atoms with Crippen LogP contribution in [0.15, 0.2) is 54.9 Å². The normalized spacial score (nSPS) is 12.5. The van der Waals surface area contributed by atoms with E-state index in [0.29, 0.717) is 0 Å². The zero-order chi connectivity index (χ0) is 21.3. The summed E-state index contributed by atoms with van der Waals surface area (Å²) in [6, 6.07) is 14.6. The molecule has 2 aromatic carbocycles. The molecule has 4 aromatic heterocycles. The van der Waals surface area contributed by atoms with Crippen LogP contribution in [0.2, 0.25) is 0 Å². The van der Waals surface area contributed by atoms with Gasteiger partial charge in [0, 0.05) is 50.7 Å². The van der Waals surface area contributed by atoms with Crippen LogP contribution in [0.4, 0.5) is 0 Å². The molecule has 0 spiro atoms. The van der Waals surface area contributed by atoms with Crippen molar-refractivity contribution >= 4 is 43.7 Å². The highest BCUT2D eigenvalue weighted by Crippen LogP contribution is 2.40. The number of benzene rings is 2. The van der Waals surface area contributed by atoms with E-state index in [2.05, 4.69) is 78.0 Å². The Bertz CT molecular complexity index is 1560. The molecule has 0 saturated carbocycles. The molecule has 31 heavy (non-hydrogen) atoms. The fourth-order valence-corrected chi connectivity index (χ4v) is 4.58. The van der Waals surface area contributed by atoms with E-state index >= 15 is 0 Å². The molecule has 6 aromatic rings. The van der Waals surface area contributed by atoms with Gasteiger partial charge in [0.05, 0.1) is 22.1 Å². The van der Waals surface area contributed by atoms with Gasteiger partial charge in [-0.1, -0.05) is 32.4 Å². The van der Waals surface area contributed by atoms with Crippen molar-refractivity contribution in [1.82, 2.24) is 24.9 Å². The lowest BCUT2D eigenvalue weighted by Crippen LogP contribution is -2.13. The average Bonchev–Trinajstić information content (AvgIpc) is 3.35. The number of imidazole rings is 1. The Labute approximate surface area is 179 Å². The van der Waals surface area contributed by atoms with Gasteiger partial charge in [-0.05, 0) is 43.3 Å². The maximum Gasteiger partial charge on any atom is 0.141 e. The second kappa shape index (κ2) is 6.14. The van der Waals surface area contributed by atoms with Crippen molar-refractivity contribution in [3.8, 4) is 11.4 Å². The summed E-state index contributed by atoms with van der Waals surface area (Å²) in [6.45, 7) is 8.82. The first-order chi connectivity index (χ1) is 14.9. The third kappa shape index (κ3) is 2.59. The minimum Gasteiger partial charge on any atom is -0.357 e. The number of hydrogen-bond donors (Lipinski definition) is 2. The van der Waals surface area contributed by atoms with Gasteiger partial charge in [-0.3, -0.25) is 9.97 Å². The number of H-pyrrole nitrogens is 2. The van der Waals surface area contributed by atoms with E-state index in [1.807, 2.05) is 24.5 Å². The van der Waals surface area contributed by atoms with Crippen molar-refractivity contribution in [2.24, 2.45) is 0 Å². The summed E-state index contributed by atoms with van der Waals surface area (Å²) in [5.74, 6) is 0.873. The van der Waals surface area contributed by atoms with Gasteiger partial charge >= 0.3 is 0 Å². The van der Waals surface area contributed by atoms with Gasteiger partial charge in [-0.15, -0.1) is 0 Å². The molecule has 0 amide bonds. The van der Waals surface area contributed by atoms with Crippen molar-refractivity contribution in [2.75, 3.05) is 0 Å². The summed E-state index contributed by atoms with van der Waals surface area (Å²) >= 11 is 0. The van der Waals surface area contributed by atoms with Crippen molar-refractivity contribution in [1.29, 1.82) is 0 Å². The van der Waals surface area contributed by atoms with E-state index in [9.17, 15) is 0 Å². The topological polar surface area (TPSA) is 70.2 Å². The van der Waals surface area contributed by atoms with Crippen LogP contribution in [0.5, 0.6) is 0 Å². The molecule has 0 unspecified atom stereocenters. The second-order valence-electron chi connectivity index (χ2n) is 9.28. The predicted molar refractivity (Wildman–Crippen MR) is 127 cm³/mol. The molecule has 0 aliphatic carbocycles. The molecule has 0 saturated heterocycles. The maximum absolute atomic E-state index is 5.14. The number of nitrogens with zero attached hydrogens (tertiary/aromatic N) is 3. The van der Waals surface area contributed by atoms with Gasteiger partial charge in [0.15, 0.2) is 0 Å². The van der Waals surface area contributed by atoms with E-state index < -0.39 is 0 Å². The number of hydrogen-bond acceptors (Lipinski definition) is 3. The maximum atomic E-state index is 5.14. The lowest BCUT2D eigenvalue weighted by molar-refractivity contribution is 0.575. The Morgan fingerprint density at radius 2 is 1.48 bits per heavy atom. The predicted octanol–water partition coefficient (Wildman–Crippen LogP) is 6.41. The summed E-state index contributed by atoms with van der Waals surface area (Å²) in [6.07, 6.45) is 3.63. The van der Waals surface area contributed by atoms with Crippen LogP contribution in [-0.4, -0.2) is 24.9 Å². The molecule has 0 bridgehead atoms. The van der Waals surface area contributed by atoms with Gasteiger partial charge in [0.1, 0.15) is 5.82 Å². The van der Waals surface area contributed by atoms with Gasteiger partial charge < -0.3 is 9.97 Å². The van der Waals surface area contributed by atoms with Crippen LogP contribution in [0.3, 0.4) is 0 Å². The first kappa shape index (κ1) is 18.1. The lowest BCUT2D eigenvalue weighted by Gasteiger charge is -2.18. The smallest absolute Gasteiger partial charge is 0.141 e. The summed E-state index contributed by atoms with van der Waals surface area (Å²) in [5, 5.41) is 3.24. The Balaban J connectivity index is 1.78. The Hall–Kier alpha value is -3.73. The number of pyridine rings is 2. The van der Waals surface area contributed by atoms with E-state index in [0.717, 1.165) is 49.7 Å². The van der Waals surface area contributed by atoms with Crippen molar-refractivity contribution in [2.45, 2.75) is 33.1 Å². The van der Waals surface area contributed by atoms with Crippen molar-refractivity contribution in [3.05, 3.63) is 66.1 Å². The van der Waals surface area contributed by atoms with E-state index in [4.69, 9.17) is 4.98 Å². The number of nitrogens with one attached hydrogen (secondary N) is 2. The highest BCUT2D eigenvalue weighted by Gasteiger charge is 2.26. The molecule has 152 valence electrons. The molecule has 5 nitrogen and oxygen atoms in total. The Morgan fingerprint density at radius 1 is 0.774 bits per heavy atom. The van der Waals surface area contributed by atoms with Crippen LogP contribution in [0.25, 0.3) is 55.1 Å². The third-order valence-electron chi connectivity index (χ3n) is 6.01.